The average Bonchev–Trinajstić information content (AvgIpc) is 2.97. The summed E-state index contributed by atoms with van der Waals surface area (Å²) < 4.78 is 2.16. The Hall–Kier alpha value is -1.13. The van der Waals surface area contributed by atoms with Gasteiger partial charge in [-0.2, -0.15) is 0 Å². The van der Waals surface area contributed by atoms with Crippen LogP contribution in [-0.4, -0.2) is 27.5 Å². The monoisotopic (exact) mass is 247 g/mol. The zero-order valence-electron chi connectivity index (χ0n) is 10.1. The first-order chi connectivity index (χ1) is 8.33. The van der Waals surface area contributed by atoms with Gasteiger partial charge in [0.05, 0.1) is 12.0 Å². The van der Waals surface area contributed by atoms with Gasteiger partial charge in [0.15, 0.2) is 0 Å². The summed E-state index contributed by atoms with van der Waals surface area (Å²) in [4.78, 5) is 8.47. The third-order valence-electron chi connectivity index (χ3n) is 3.44. The zero-order chi connectivity index (χ0) is 11.7. The molecule has 0 spiro atoms. The Morgan fingerprint density at radius 2 is 2.41 bits per heavy atom. The van der Waals surface area contributed by atoms with Gasteiger partial charge in [-0.3, -0.25) is 4.90 Å². The molecule has 0 N–H and O–H groups in total. The van der Waals surface area contributed by atoms with Gasteiger partial charge in [-0.05, 0) is 17.9 Å². The maximum absolute atomic E-state index is 4.48. The maximum Gasteiger partial charge on any atom is 0.0949 e. The molecule has 3 nitrogen and oxygen atoms in total. The summed E-state index contributed by atoms with van der Waals surface area (Å²) in [6.07, 6.45) is 4.24. The molecular weight excluding hydrogens is 230 g/mol. The lowest BCUT2D eigenvalue weighted by Crippen LogP contribution is -2.32. The number of aryl methyl sites for hydroxylation is 1. The fourth-order valence-corrected chi connectivity index (χ4v) is 3.12. The standard InChI is InChI=1S/C13H17N3S/c1-15-10-14-12-9-16(7-5-13(12)15)6-4-11-3-2-8-17-11/h2-3,8,10H,4-7,9H2,1H3. The van der Waals surface area contributed by atoms with Crippen molar-refractivity contribution in [2.24, 2.45) is 7.05 Å². The first kappa shape index (κ1) is 11.0. The molecule has 2 aromatic heterocycles. The zero-order valence-corrected chi connectivity index (χ0v) is 10.9. The lowest BCUT2D eigenvalue weighted by atomic mass is 10.1. The van der Waals surface area contributed by atoms with Crippen molar-refractivity contribution in [2.75, 3.05) is 13.1 Å². The summed E-state index contributed by atoms with van der Waals surface area (Å²) in [7, 11) is 2.09. The van der Waals surface area contributed by atoms with E-state index in [9.17, 15) is 0 Å². The van der Waals surface area contributed by atoms with E-state index in [4.69, 9.17) is 0 Å². The predicted molar refractivity (Wildman–Crippen MR) is 70.2 cm³/mol. The molecule has 0 aromatic carbocycles. The molecule has 0 saturated heterocycles. The highest BCUT2D eigenvalue weighted by Crippen LogP contribution is 2.18. The van der Waals surface area contributed by atoms with Gasteiger partial charge in [-0.15, -0.1) is 11.3 Å². The fourth-order valence-electron chi connectivity index (χ4n) is 2.43. The topological polar surface area (TPSA) is 21.1 Å². The van der Waals surface area contributed by atoms with Crippen molar-refractivity contribution in [1.82, 2.24) is 14.5 Å². The minimum Gasteiger partial charge on any atom is -0.337 e. The third kappa shape index (κ3) is 2.28. The molecule has 3 heterocycles. The summed E-state index contributed by atoms with van der Waals surface area (Å²) in [5.41, 5.74) is 2.68. The molecule has 1 aliphatic heterocycles. The highest BCUT2D eigenvalue weighted by Gasteiger charge is 2.19. The second kappa shape index (κ2) is 4.63. The molecule has 4 heteroatoms. The van der Waals surface area contributed by atoms with Crippen LogP contribution in [0, 0.1) is 0 Å². The van der Waals surface area contributed by atoms with Gasteiger partial charge in [0.1, 0.15) is 0 Å². The van der Waals surface area contributed by atoms with Crippen molar-refractivity contribution in [2.45, 2.75) is 19.4 Å². The van der Waals surface area contributed by atoms with E-state index in [0.717, 1.165) is 26.1 Å². The Bertz CT molecular complexity index is 487. The normalized spacial score (nSPS) is 16.1. The average molecular weight is 247 g/mol. The first-order valence-corrected chi connectivity index (χ1v) is 6.94. The quantitative estimate of drug-likeness (QED) is 0.828. The van der Waals surface area contributed by atoms with Crippen LogP contribution in [0.1, 0.15) is 16.3 Å². The van der Waals surface area contributed by atoms with Crippen molar-refractivity contribution in [3.63, 3.8) is 0 Å². The van der Waals surface area contributed by atoms with Crippen molar-refractivity contribution in [1.29, 1.82) is 0 Å². The van der Waals surface area contributed by atoms with E-state index in [1.807, 2.05) is 17.7 Å². The molecule has 0 aliphatic carbocycles. The van der Waals surface area contributed by atoms with Crippen molar-refractivity contribution < 1.29 is 0 Å². The van der Waals surface area contributed by atoms with Crippen LogP contribution in [0.3, 0.4) is 0 Å². The molecule has 3 rings (SSSR count). The van der Waals surface area contributed by atoms with Crippen LogP contribution in [0.5, 0.6) is 0 Å². The number of hydrogen-bond acceptors (Lipinski definition) is 3. The molecule has 0 saturated carbocycles. The minimum atomic E-state index is 1.02. The first-order valence-electron chi connectivity index (χ1n) is 6.07. The highest BCUT2D eigenvalue weighted by molar-refractivity contribution is 7.09. The fraction of sp³-hybridized carbons (Fsp3) is 0.462. The molecule has 17 heavy (non-hydrogen) atoms. The number of aromatic nitrogens is 2. The number of imidazole rings is 1. The van der Waals surface area contributed by atoms with Crippen LogP contribution in [0.2, 0.25) is 0 Å². The van der Waals surface area contributed by atoms with E-state index < -0.39 is 0 Å². The molecule has 2 aromatic rings. The minimum absolute atomic E-state index is 1.02. The largest absolute Gasteiger partial charge is 0.337 e. The lowest BCUT2D eigenvalue weighted by Gasteiger charge is -2.26. The molecule has 1 aliphatic rings. The van der Waals surface area contributed by atoms with Crippen molar-refractivity contribution >= 4 is 11.3 Å². The van der Waals surface area contributed by atoms with Crippen LogP contribution in [0.4, 0.5) is 0 Å². The van der Waals surface area contributed by atoms with Gasteiger partial charge >= 0.3 is 0 Å². The van der Waals surface area contributed by atoms with E-state index >= 15 is 0 Å². The van der Waals surface area contributed by atoms with Crippen LogP contribution < -0.4 is 0 Å². The second-order valence-electron chi connectivity index (χ2n) is 4.60. The highest BCUT2D eigenvalue weighted by atomic mass is 32.1. The predicted octanol–water partition coefficient (Wildman–Crippen LogP) is 2.08. The van der Waals surface area contributed by atoms with Gasteiger partial charge in [0.25, 0.3) is 0 Å². The maximum atomic E-state index is 4.48. The van der Waals surface area contributed by atoms with Gasteiger partial charge in [0, 0.05) is 43.7 Å². The Morgan fingerprint density at radius 3 is 3.24 bits per heavy atom. The van der Waals surface area contributed by atoms with E-state index in [1.165, 1.54) is 22.7 Å². The Balaban J connectivity index is 1.61. The summed E-state index contributed by atoms with van der Waals surface area (Å²) in [6, 6.07) is 4.36. The number of thiophene rings is 1. The SMILES string of the molecule is Cn1cnc2c1CCN(CCc1cccs1)C2. The number of rotatable bonds is 3. The van der Waals surface area contributed by atoms with Crippen LogP contribution in [-0.2, 0) is 26.4 Å². The number of hydrogen-bond donors (Lipinski definition) is 0. The van der Waals surface area contributed by atoms with Gasteiger partial charge in [-0.25, -0.2) is 4.98 Å². The second-order valence-corrected chi connectivity index (χ2v) is 5.64. The Labute approximate surface area is 106 Å². The van der Waals surface area contributed by atoms with Gasteiger partial charge in [0.2, 0.25) is 0 Å². The number of fused-ring (bicyclic) bond motifs is 1. The molecule has 90 valence electrons. The molecule has 0 radical (unpaired) electrons. The summed E-state index contributed by atoms with van der Waals surface area (Å²) >= 11 is 1.85. The van der Waals surface area contributed by atoms with E-state index in [0.29, 0.717) is 0 Å². The molecular formula is C13H17N3S. The Kier molecular flexibility index (Phi) is 2.99. The van der Waals surface area contributed by atoms with Crippen molar-refractivity contribution in [3.8, 4) is 0 Å². The van der Waals surface area contributed by atoms with E-state index in [2.05, 4.69) is 39.0 Å². The van der Waals surface area contributed by atoms with Gasteiger partial charge in [-0.1, -0.05) is 6.07 Å². The van der Waals surface area contributed by atoms with Crippen molar-refractivity contribution in [3.05, 3.63) is 40.1 Å². The van der Waals surface area contributed by atoms with Crippen LogP contribution >= 0.6 is 11.3 Å². The summed E-state index contributed by atoms with van der Waals surface area (Å²) in [6.45, 7) is 3.33. The summed E-state index contributed by atoms with van der Waals surface area (Å²) in [5.74, 6) is 0. The van der Waals surface area contributed by atoms with Crippen LogP contribution in [0.25, 0.3) is 0 Å². The molecule has 0 amide bonds. The summed E-state index contributed by atoms with van der Waals surface area (Å²) in [5, 5.41) is 2.16. The molecule has 0 bridgehead atoms. The smallest absolute Gasteiger partial charge is 0.0949 e. The molecule has 0 fully saturated rings. The van der Waals surface area contributed by atoms with Crippen LogP contribution in [0.15, 0.2) is 23.8 Å². The lowest BCUT2D eigenvalue weighted by molar-refractivity contribution is 0.252. The molecule has 0 unspecified atom stereocenters. The van der Waals surface area contributed by atoms with E-state index in [-0.39, 0.29) is 0 Å². The van der Waals surface area contributed by atoms with E-state index in [1.54, 1.807) is 0 Å². The Morgan fingerprint density at radius 1 is 1.47 bits per heavy atom. The van der Waals surface area contributed by atoms with Gasteiger partial charge < -0.3 is 4.57 Å². The molecule has 0 atom stereocenters. The third-order valence-corrected chi connectivity index (χ3v) is 4.37. The number of nitrogens with zero attached hydrogens (tertiary/aromatic N) is 3.